The topological polar surface area (TPSA) is 18.5 Å². The van der Waals surface area contributed by atoms with Gasteiger partial charge in [0, 0.05) is 22.0 Å². The lowest BCUT2D eigenvalue weighted by molar-refractivity contribution is 0.282. The minimum absolute atomic E-state index is 0.302. The Morgan fingerprint density at radius 3 is 2.62 bits per heavy atom. The monoisotopic (exact) mass is 436 g/mol. The third-order valence-electron chi connectivity index (χ3n) is 2.83. The van der Waals surface area contributed by atoms with E-state index in [2.05, 4.69) is 31.9 Å². The van der Waals surface area contributed by atoms with Gasteiger partial charge in [0.25, 0.3) is 0 Å². The van der Waals surface area contributed by atoms with Crippen LogP contribution in [0.1, 0.15) is 11.1 Å². The molecule has 0 saturated carbocycles. The van der Waals surface area contributed by atoms with Crippen molar-refractivity contribution in [2.45, 2.75) is 11.9 Å². The molecule has 0 radical (unpaired) electrons. The zero-order valence-corrected chi connectivity index (χ0v) is 15.1. The van der Waals surface area contributed by atoms with Crippen LogP contribution in [0.15, 0.2) is 34.8 Å². The van der Waals surface area contributed by atoms with E-state index in [1.165, 1.54) is 6.07 Å². The van der Waals surface area contributed by atoms with E-state index >= 15 is 0 Å². The molecule has 2 nitrogen and oxygen atoms in total. The molecule has 0 aliphatic heterocycles. The largest absolute Gasteiger partial charge is 0.493 e. The average Bonchev–Trinajstić information content (AvgIpc) is 2.48. The summed E-state index contributed by atoms with van der Waals surface area (Å²) in [6.07, 6.45) is 0. The van der Waals surface area contributed by atoms with Crippen molar-refractivity contribution in [2.75, 3.05) is 7.11 Å². The smallest absolute Gasteiger partial charge is 0.165 e. The van der Waals surface area contributed by atoms with Gasteiger partial charge in [-0.1, -0.05) is 33.6 Å². The predicted octanol–water partition coefficient (Wildman–Crippen LogP) is 5.72. The van der Waals surface area contributed by atoms with Gasteiger partial charge in [0.1, 0.15) is 12.4 Å². The minimum Gasteiger partial charge on any atom is -0.493 e. The van der Waals surface area contributed by atoms with Gasteiger partial charge in [-0.3, -0.25) is 0 Å². The number of halogens is 4. The Labute approximate surface area is 144 Å². The van der Waals surface area contributed by atoms with Crippen LogP contribution in [0, 0.1) is 5.82 Å². The van der Waals surface area contributed by atoms with Gasteiger partial charge in [0.15, 0.2) is 11.5 Å². The van der Waals surface area contributed by atoms with E-state index in [0.717, 1.165) is 11.1 Å². The Balaban J connectivity index is 2.24. The first kappa shape index (κ1) is 16.6. The van der Waals surface area contributed by atoms with Crippen LogP contribution in [0.3, 0.4) is 0 Å². The highest BCUT2D eigenvalue weighted by Gasteiger charge is 2.12. The second kappa shape index (κ2) is 7.47. The highest BCUT2D eigenvalue weighted by atomic mass is 79.9. The van der Waals surface area contributed by atoms with Gasteiger partial charge in [0.05, 0.1) is 11.6 Å². The van der Waals surface area contributed by atoms with Crippen molar-refractivity contribution < 1.29 is 13.9 Å². The first-order valence-electron chi connectivity index (χ1n) is 6.04. The van der Waals surface area contributed by atoms with E-state index in [0.29, 0.717) is 32.9 Å². The summed E-state index contributed by atoms with van der Waals surface area (Å²) in [5.41, 5.74) is 1.74. The molecule has 0 saturated heterocycles. The number of benzene rings is 2. The number of hydrogen-bond donors (Lipinski definition) is 0. The molecule has 0 amide bonds. The zero-order chi connectivity index (χ0) is 15.4. The molecule has 0 spiro atoms. The summed E-state index contributed by atoms with van der Waals surface area (Å²) in [7, 11) is 1.56. The molecule has 0 aliphatic rings. The quantitative estimate of drug-likeness (QED) is 0.556. The molecule has 0 unspecified atom stereocenters. The summed E-state index contributed by atoms with van der Waals surface area (Å²) in [4.78, 5) is 0. The van der Waals surface area contributed by atoms with Gasteiger partial charge in [-0.15, -0.1) is 0 Å². The summed E-state index contributed by atoms with van der Waals surface area (Å²) in [5, 5.41) is 1.17. The standard InChI is InChI=1S/C15H12Br2ClFO2/c1-20-14-6-11(18)5-10(7-16)15(14)21-8-9-2-3-13(19)12(17)4-9/h2-6H,7-8H2,1H3. The van der Waals surface area contributed by atoms with Crippen molar-refractivity contribution in [1.82, 2.24) is 0 Å². The highest BCUT2D eigenvalue weighted by molar-refractivity contribution is 9.10. The fourth-order valence-electron chi connectivity index (χ4n) is 1.82. The average molecular weight is 439 g/mol. The van der Waals surface area contributed by atoms with Gasteiger partial charge in [-0.05, 0) is 39.7 Å². The van der Waals surface area contributed by atoms with Crippen molar-refractivity contribution in [3.63, 3.8) is 0 Å². The van der Waals surface area contributed by atoms with Crippen molar-refractivity contribution in [2.24, 2.45) is 0 Å². The number of methoxy groups -OCH3 is 1. The molecule has 21 heavy (non-hydrogen) atoms. The predicted molar refractivity (Wildman–Crippen MR) is 89.1 cm³/mol. The molecule has 2 aromatic carbocycles. The molecule has 0 N–H and O–H groups in total. The lowest BCUT2D eigenvalue weighted by atomic mass is 10.2. The number of ether oxygens (including phenoxy) is 2. The van der Waals surface area contributed by atoms with E-state index in [4.69, 9.17) is 21.1 Å². The minimum atomic E-state index is -0.302. The molecule has 0 aliphatic carbocycles. The van der Waals surface area contributed by atoms with Gasteiger partial charge in [-0.25, -0.2) is 4.39 Å². The van der Waals surface area contributed by atoms with Crippen LogP contribution < -0.4 is 9.47 Å². The second-order valence-electron chi connectivity index (χ2n) is 4.27. The Morgan fingerprint density at radius 1 is 1.24 bits per heavy atom. The van der Waals surface area contributed by atoms with Crippen LogP contribution in [-0.4, -0.2) is 7.11 Å². The third-order valence-corrected chi connectivity index (χ3v) is 4.26. The Morgan fingerprint density at radius 2 is 2.00 bits per heavy atom. The van der Waals surface area contributed by atoms with Crippen molar-refractivity contribution >= 4 is 43.5 Å². The molecular weight excluding hydrogens is 426 g/mol. The van der Waals surface area contributed by atoms with E-state index in [1.54, 1.807) is 25.3 Å². The first-order chi connectivity index (χ1) is 10.0. The van der Waals surface area contributed by atoms with Gasteiger partial charge >= 0.3 is 0 Å². The van der Waals surface area contributed by atoms with E-state index in [1.807, 2.05) is 6.07 Å². The number of alkyl halides is 1. The maximum absolute atomic E-state index is 13.2. The fourth-order valence-corrected chi connectivity index (χ4v) is 2.90. The normalized spacial score (nSPS) is 10.5. The number of rotatable bonds is 5. The molecule has 0 fully saturated rings. The van der Waals surface area contributed by atoms with Gasteiger partial charge < -0.3 is 9.47 Å². The van der Waals surface area contributed by atoms with Crippen LogP contribution in [0.5, 0.6) is 11.5 Å². The molecule has 6 heteroatoms. The molecule has 2 rings (SSSR count). The summed E-state index contributed by atoms with van der Waals surface area (Å²) in [6, 6.07) is 8.27. The SMILES string of the molecule is COc1cc(Cl)cc(CBr)c1OCc1ccc(F)c(Br)c1. The van der Waals surface area contributed by atoms with Crippen LogP contribution in [0.25, 0.3) is 0 Å². The van der Waals surface area contributed by atoms with Crippen molar-refractivity contribution in [3.8, 4) is 11.5 Å². The summed E-state index contributed by atoms with van der Waals surface area (Å²) in [6.45, 7) is 0.302. The Hall–Kier alpha value is -0.780. The fraction of sp³-hybridized carbons (Fsp3) is 0.200. The maximum Gasteiger partial charge on any atom is 0.165 e. The molecule has 0 aromatic heterocycles. The second-order valence-corrected chi connectivity index (χ2v) is 6.12. The molecule has 0 atom stereocenters. The molecular formula is C15H12Br2ClFO2. The van der Waals surface area contributed by atoms with E-state index in [-0.39, 0.29) is 5.82 Å². The molecule has 2 aromatic rings. The van der Waals surface area contributed by atoms with Gasteiger partial charge in [0.2, 0.25) is 0 Å². The molecule has 0 heterocycles. The lowest BCUT2D eigenvalue weighted by Gasteiger charge is -2.15. The van der Waals surface area contributed by atoms with Crippen LogP contribution in [0.4, 0.5) is 4.39 Å². The van der Waals surface area contributed by atoms with Gasteiger partial charge in [-0.2, -0.15) is 0 Å². The van der Waals surface area contributed by atoms with Crippen molar-refractivity contribution in [1.29, 1.82) is 0 Å². The Bertz CT molecular complexity index is 625. The van der Waals surface area contributed by atoms with E-state index < -0.39 is 0 Å². The zero-order valence-electron chi connectivity index (χ0n) is 11.1. The Kier molecular flexibility index (Phi) is 5.90. The van der Waals surface area contributed by atoms with Crippen molar-refractivity contribution in [3.05, 3.63) is 56.8 Å². The molecule has 112 valence electrons. The lowest BCUT2D eigenvalue weighted by Crippen LogP contribution is -2.01. The van der Waals surface area contributed by atoms with Crippen LogP contribution in [0.2, 0.25) is 5.02 Å². The summed E-state index contributed by atoms with van der Waals surface area (Å²) < 4.78 is 24.8. The van der Waals surface area contributed by atoms with E-state index in [9.17, 15) is 4.39 Å². The molecule has 0 bridgehead atoms. The highest BCUT2D eigenvalue weighted by Crippen LogP contribution is 2.36. The first-order valence-corrected chi connectivity index (χ1v) is 8.33. The number of hydrogen-bond acceptors (Lipinski definition) is 2. The van der Waals surface area contributed by atoms with Crippen LogP contribution in [-0.2, 0) is 11.9 Å². The summed E-state index contributed by atoms with van der Waals surface area (Å²) in [5.74, 6) is 0.890. The third kappa shape index (κ3) is 4.11. The summed E-state index contributed by atoms with van der Waals surface area (Å²) >= 11 is 12.6. The maximum atomic E-state index is 13.2. The van der Waals surface area contributed by atoms with Crippen LogP contribution >= 0.6 is 43.5 Å².